The van der Waals surface area contributed by atoms with Crippen molar-refractivity contribution in [3.8, 4) is 0 Å². The Morgan fingerprint density at radius 3 is 2.52 bits per heavy atom. The molecule has 0 radical (unpaired) electrons. The molecule has 1 aromatic heterocycles. The standard InChI is InChI=1S/C23H18BrN3O5S/c1-3-32-22(29)19-13(2)26-21(28)18(12-14-4-8-16(24)9-5-14)33-23(26)25-20(19)15-6-10-17(11-7-15)27(30)31/h4-12,20H,3H2,1-2H3/b18-12-/t20-/m1/s1. The summed E-state index contributed by atoms with van der Waals surface area (Å²) in [6.07, 6.45) is 1.78. The minimum atomic E-state index is -0.747. The Morgan fingerprint density at radius 1 is 1.24 bits per heavy atom. The number of ether oxygens (including phenoxy) is 1. The fraction of sp³-hybridized carbons (Fsp3) is 0.174. The van der Waals surface area contributed by atoms with Gasteiger partial charge in [0.25, 0.3) is 11.2 Å². The summed E-state index contributed by atoms with van der Waals surface area (Å²) in [6, 6.07) is 12.7. The number of esters is 1. The van der Waals surface area contributed by atoms with E-state index < -0.39 is 16.9 Å². The summed E-state index contributed by atoms with van der Waals surface area (Å²) in [5.41, 5.74) is 1.77. The Kier molecular flexibility index (Phi) is 6.39. The lowest BCUT2D eigenvalue weighted by atomic mass is 9.96. The van der Waals surface area contributed by atoms with E-state index in [2.05, 4.69) is 20.9 Å². The van der Waals surface area contributed by atoms with Crippen LogP contribution in [0.2, 0.25) is 0 Å². The highest BCUT2D eigenvalue weighted by Crippen LogP contribution is 2.33. The van der Waals surface area contributed by atoms with E-state index in [1.54, 1.807) is 32.1 Å². The van der Waals surface area contributed by atoms with Crippen LogP contribution in [0.25, 0.3) is 11.8 Å². The van der Waals surface area contributed by atoms with Crippen molar-refractivity contribution in [1.82, 2.24) is 4.57 Å². The van der Waals surface area contributed by atoms with Crippen LogP contribution in [-0.4, -0.2) is 22.1 Å². The molecule has 1 aliphatic rings. The van der Waals surface area contributed by atoms with Crippen molar-refractivity contribution in [3.63, 3.8) is 0 Å². The average molecular weight is 528 g/mol. The zero-order valence-electron chi connectivity index (χ0n) is 17.6. The van der Waals surface area contributed by atoms with Crippen molar-refractivity contribution in [1.29, 1.82) is 0 Å². The molecule has 0 spiro atoms. The topological polar surface area (TPSA) is 104 Å². The number of aromatic nitrogens is 1. The molecule has 0 fully saturated rings. The summed E-state index contributed by atoms with van der Waals surface area (Å²) in [6.45, 7) is 3.54. The second-order valence-corrected chi connectivity index (χ2v) is 9.11. The van der Waals surface area contributed by atoms with Gasteiger partial charge in [-0.3, -0.25) is 19.5 Å². The maximum absolute atomic E-state index is 13.2. The molecule has 2 heterocycles. The number of hydrogen-bond donors (Lipinski definition) is 0. The molecule has 33 heavy (non-hydrogen) atoms. The van der Waals surface area contributed by atoms with E-state index in [1.165, 1.54) is 28.0 Å². The van der Waals surface area contributed by atoms with Gasteiger partial charge in [-0.15, -0.1) is 0 Å². The highest BCUT2D eigenvalue weighted by molar-refractivity contribution is 9.10. The van der Waals surface area contributed by atoms with Crippen molar-refractivity contribution >= 4 is 50.7 Å². The average Bonchev–Trinajstić information content (AvgIpc) is 3.10. The van der Waals surface area contributed by atoms with Gasteiger partial charge >= 0.3 is 5.97 Å². The van der Waals surface area contributed by atoms with Gasteiger partial charge in [0.1, 0.15) is 6.04 Å². The van der Waals surface area contributed by atoms with Crippen LogP contribution in [-0.2, 0) is 9.53 Å². The number of nitrogens with zero attached hydrogens (tertiary/aromatic N) is 3. The molecule has 0 N–H and O–H groups in total. The van der Waals surface area contributed by atoms with Gasteiger partial charge in [-0.2, -0.15) is 0 Å². The largest absolute Gasteiger partial charge is 0.463 e. The third kappa shape index (κ3) is 4.44. The van der Waals surface area contributed by atoms with E-state index in [4.69, 9.17) is 4.74 Å². The Hall–Kier alpha value is -3.37. The minimum Gasteiger partial charge on any atom is -0.463 e. The number of nitro benzene ring substituents is 1. The molecular weight excluding hydrogens is 510 g/mol. The number of rotatable bonds is 5. The molecule has 4 rings (SSSR count). The van der Waals surface area contributed by atoms with E-state index in [0.29, 0.717) is 20.6 Å². The van der Waals surface area contributed by atoms with E-state index in [-0.39, 0.29) is 23.4 Å². The van der Waals surface area contributed by atoms with Crippen LogP contribution in [0, 0.1) is 10.1 Å². The first-order valence-electron chi connectivity index (χ1n) is 9.99. The second-order valence-electron chi connectivity index (χ2n) is 7.19. The summed E-state index contributed by atoms with van der Waals surface area (Å²) < 4.78 is 8.07. The summed E-state index contributed by atoms with van der Waals surface area (Å²) in [5, 5.41) is 11.0. The number of allylic oxidation sites excluding steroid dienone is 1. The SMILES string of the molecule is CCOC(=O)C1=C(C)n2c(s/c(=C\c3ccc(Br)cc3)c2=O)=N[C@@H]1c1ccc([N+](=O)[O-])cc1. The van der Waals surface area contributed by atoms with Gasteiger partial charge in [-0.05, 0) is 55.3 Å². The first kappa shape index (κ1) is 22.8. The predicted octanol–water partition coefficient (Wildman–Crippen LogP) is 3.58. The summed E-state index contributed by atoms with van der Waals surface area (Å²) >= 11 is 4.61. The second kappa shape index (κ2) is 9.24. The van der Waals surface area contributed by atoms with Gasteiger partial charge in [-0.25, -0.2) is 9.79 Å². The minimum absolute atomic E-state index is 0.0626. The van der Waals surface area contributed by atoms with Crippen LogP contribution in [0.4, 0.5) is 5.69 Å². The zero-order valence-corrected chi connectivity index (χ0v) is 20.1. The van der Waals surface area contributed by atoms with Gasteiger partial charge in [0.2, 0.25) is 0 Å². The lowest BCUT2D eigenvalue weighted by Gasteiger charge is -2.22. The molecule has 2 aromatic carbocycles. The highest BCUT2D eigenvalue weighted by Gasteiger charge is 2.31. The molecule has 10 heteroatoms. The van der Waals surface area contributed by atoms with Gasteiger partial charge in [0.15, 0.2) is 4.80 Å². The lowest BCUT2D eigenvalue weighted by Crippen LogP contribution is -2.35. The van der Waals surface area contributed by atoms with Crippen LogP contribution < -0.4 is 14.9 Å². The normalized spacial score (nSPS) is 15.7. The van der Waals surface area contributed by atoms with Crippen LogP contribution >= 0.6 is 27.3 Å². The molecule has 0 aliphatic carbocycles. The van der Waals surface area contributed by atoms with Crippen molar-refractivity contribution in [3.05, 3.63) is 99.5 Å². The molecule has 0 amide bonds. The quantitative estimate of drug-likeness (QED) is 0.286. The zero-order chi connectivity index (χ0) is 23.7. The van der Waals surface area contributed by atoms with Crippen molar-refractivity contribution < 1.29 is 14.5 Å². The lowest BCUT2D eigenvalue weighted by molar-refractivity contribution is -0.384. The molecule has 8 nitrogen and oxygen atoms in total. The maximum Gasteiger partial charge on any atom is 0.338 e. The summed E-state index contributed by atoms with van der Waals surface area (Å²) in [4.78, 5) is 41.7. The number of halogens is 1. The highest BCUT2D eigenvalue weighted by atomic mass is 79.9. The third-order valence-electron chi connectivity index (χ3n) is 5.13. The van der Waals surface area contributed by atoms with Gasteiger partial charge in [0, 0.05) is 22.3 Å². The van der Waals surface area contributed by atoms with E-state index in [0.717, 1.165) is 10.0 Å². The van der Waals surface area contributed by atoms with Crippen molar-refractivity contribution in [2.75, 3.05) is 6.61 Å². The number of thiazole rings is 1. The number of non-ortho nitro benzene ring substituents is 1. The molecule has 168 valence electrons. The van der Waals surface area contributed by atoms with Crippen LogP contribution in [0.3, 0.4) is 0 Å². The van der Waals surface area contributed by atoms with Gasteiger partial charge in [-0.1, -0.05) is 39.4 Å². The van der Waals surface area contributed by atoms with Gasteiger partial charge < -0.3 is 4.74 Å². The van der Waals surface area contributed by atoms with E-state index >= 15 is 0 Å². The third-order valence-corrected chi connectivity index (χ3v) is 6.64. The first-order chi connectivity index (χ1) is 15.8. The summed E-state index contributed by atoms with van der Waals surface area (Å²) in [7, 11) is 0. The predicted molar refractivity (Wildman–Crippen MR) is 128 cm³/mol. The number of nitro groups is 1. The van der Waals surface area contributed by atoms with Gasteiger partial charge in [0.05, 0.1) is 21.6 Å². The fourth-order valence-electron chi connectivity index (χ4n) is 3.55. The van der Waals surface area contributed by atoms with Crippen molar-refractivity contribution in [2.24, 2.45) is 4.99 Å². The first-order valence-corrected chi connectivity index (χ1v) is 11.6. The number of fused-ring (bicyclic) bond motifs is 1. The van der Waals surface area contributed by atoms with Crippen LogP contribution in [0.1, 0.15) is 31.0 Å². The number of carbonyl (C=O) groups is 1. The van der Waals surface area contributed by atoms with E-state index in [1.807, 2.05) is 24.3 Å². The molecule has 3 aromatic rings. The number of benzene rings is 2. The molecule has 0 saturated carbocycles. The Bertz CT molecular complexity index is 1450. The molecular formula is C23H18BrN3O5S. The number of carbonyl (C=O) groups excluding carboxylic acids is 1. The van der Waals surface area contributed by atoms with Crippen LogP contribution in [0.5, 0.6) is 0 Å². The van der Waals surface area contributed by atoms with E-state index in [9.17, 15) is 19.7 Å². The molecule has 1 atom stereocenters. The maximum atomic E-state index is 13.2. The monoisotopic (exact) mass is 527 g/mol. The summed E-state index contributed by atoms with van der Waals surface area (Å²) in [5.74, 6) is -0.579. The molecule has 0 unspecified atom stereocenters. The Labute approximate surface area is 200 Å². The van der Waals surface area contributed by atoms with Crippen LogP contribution in [0.15, 0.2) is 68.4 Å². The molecule has 0 bridgehead atoms. The Morgan fingerprint density at radius 2 is 1.91 bits per heavy atom. The smallest absolute Gasteiger partial charge is 0.338 e. The number of hydrogen-bond acceptors (Lipinski definition) is 7. The Balaban J connectivity index is 1.91. The van der Waals surface area contributed by atoms with Crippen molar-refractivity contribution in [2.45, 2.75) is 19.9 Å². The molecule has 0 saturated heterocycles. The fourth-order valence-corrected chi connectivity index (χ4v) is 4.85. The molecule has 1 aliphatic heterocycles.